The summed E-state index contributed by atoms with van der Waals surface area (Å²) in [6, 6.07) is 7.00. The van der Waals surface area contributed by atoms with E-state index >= 15 is 0 Å². The van der Waals surface area contributed by atoms with Crippen molar-refractivity contribution < 1.29 is 9.59 Å². The lowest BCUT2D eigenvalue weighted by atomic mass is 10.0. The molecule has 0 aromatic heterocycles. The molecule has 0 spiro atoms. The number of primary amides is 1. The molecule has 0 atom stereocenters. The van der Waals surface area contributed by atoms with Gasteiger partial charge in [0, 0.05) is 5.69 Å². The van der Waals surface area contributed by atoms with Crippen molar-refractivity contribution in [2.24, 2.45) is 11.5 Å². The van der Waals surface area contributed by atoms with Crippen molar-refractivity contribution in [3.8, 4) is 0 Å². The van der Waals surface area contributed by atoms with Crippen LogP contribution in [0.4, 0.5) is 5.69 Å². The lowest BCUT2D eigenvalue weighted by Crippen LogP contribution is -2.45. The summed E-state index contributed by atoms with van der Waals surface area (Å²) in [7, 11) is 0. The van der Waals surface area contributed by atoms with E-state index in [4.69, 9.17) is 11.5 Å². The van der Waals surface area contributed by atoms with Crippen molar-refractivity contribution in [1.29, 1.82) is 0 Å². The van der Waals surface area contributed by atoms with Crippen LogP contribution in [0.2, 0.25) is 0 Å². The summed E-state index contributed by atoms with van der Waals surface area (Å²) in [5.74, 6) is -0.756. The standard InChI is InChI=1S/C12H17N3O2/c1-12(2,14)11(17)15-9-6-4-3-5-8(9)7-10(13)16/h3-6H,7,14H2,1-2H3,(H2,13,16)(H,15,17). The van der Waals surface area contributed by atoms with E-state index in [1.807, 2.05) is 0 Å². The van der Waals surface area contributed by atoms with Crippen LogP contribution in [0.25, 0.3) is 0 Å². The Morgan fingerprint density at radius 2 is 1.88 bits per heavy atom. The van der Waals surface area contributed by atoms with E-state index in [2.05, 4.69) is 5.32 Å². The maximum absolute atomic E-state index is 11.7. The Bertz CT molecular complexity index is 436. The van der Waals surface area contributed by atoms with Gasteiger partial charge in [0.25, 0.3) is 0 Å². The summed E-state index contributed by atoms with van der Waals surface area (Å²) in [5.41, 5.74) is 11.1. The van der Waals surface area contributed by atoms with E-state index in [0.717, 1.165) is 0 Å². The summed E-state index contributed by atoms with van der Waals surface area (Å²) in [6.45, 7) is 3.22. The summed E-state index contributed by atoms with van der Waals surface area (Å²) >= 11 is 0. The molecule has 0 aliphatic carbocycles. The first-order chi connectivity index (χ1) is 7.80. The smallest absolute Gasteiger partial charge is 0.243 e. The third kappa shape index (κ3) is 3.88. The SMILES string of the molecule is CC(C)(N)C(=O)Nc1ccccc1CC(N)=O. The maximum atomic E-state index is 11.7. The highest BCUT2D eigenvalue weighted by molar-refractivity contribution is 5.98. The first-order valence-electron chi connectivity index (χ1n) is 5.27. The van der Waals surface area contributed by atoms with Crippen LogP contribution < -0.4 is 16.8 Å². The molecule has 92 valence electrons. The number of hydrogen-bond donors (Lipinski definition) is 3. The normalized spacial score (nSPS) is 11.0. The molecule has 2 amide bonds. The van der Waals surface area contributed by atoms with Crippen LogP contribution in [-0.2, 0) is 16.0 Å². The van der Waals surface area contributed by atoms with Crippen molar-refractivity contribution >= 4 is 17.5 Å². The molecular weight excluding hydrogens is 218 g/mol. The quantitative estimate of drug-likeness (QED) is 0.704. The molecule has 5 N–H and O–H groups in total. The molecule has 0 unspecified atom stereocenters. The van der Waals surface area contributed by atoms with E-state index in [1.165, 1.54) is 0 Å². The molecule has 0 bridgehead atoms. The average Bonchev–Trinajstić information content (AvgIpc) is 2.18. The number of nitrogens with one attached hydrogen (secondary N) is 1. The molecule has 0 fully saturated rings. The summed E-state index contributed by atoms with van der Waals surface area (Å²) in [4.78, 5) is 22.6. The number of anilines is 1. The lowest BCUT2D eigenvalue weighted by Gasteiger charge is -2.19. The zero-order valence-corrected chi connectivity index (χ0v) is 9.99. The van der Waals surface area contributed by atoms with Gasteiger partial charge < -0.3 is 16.8 Å². The van der Waals surface area contributed by atoms with Gasteiger partial charge in [-0.15, -0.1) is 0 Å². The number of para-hydroxylation sites is 1. The molecule has 0 aliphatic rings. The first-order valence-corrected chi connectivity index (χ1v) is 5.27. The minimum atomic E-state index is -0.972. The molecule has 1 rings (SSSR count). The second kappa shape index (κ2) is 4.97. The second-order valence-corrected chi connectivity index (χ2v) is 4.48. The maximum Gasteiger partial charge on any atom is 0.243 e. The fourth-order valence-electron chi connectivity index (χ4n) is 1.27. The number of rotatable bonds is 4. The zero-order valence-electron chi connectivity index (χ0n) is 9.99. The third-order valence-electron chi connectivity index (χ3n) is 2.22. The molecule has 5 nitrogen and oxygen atoms in total. The summed E-state index contributed by atoms with van der Waals surface area (Å²) in [5, 5.41) is 2.68. The summed E-state index contributed by atoms with van der Waals surface area (Å²) in [6.07, 6.45) is 0.0848. The highest BCUT2D eigenvalue weighted by atomic mass is 16.2. The van der Waals surface area contributed by atoms with Gasteiger partial charge in [-0.2, -0.15) is 0 Å². The van der Waals surface area contributed by atoms with Gasteiger partial charge in [0.15, 0.2) is 0 Å². The van der Waals surface area contributed by atoms with Crippen molar-refractivity contribution in [1.82, 2.24) is 0 Å². The number of carbonyl (C=O) groups excluding carboxylic acids is 2. The fourth-order valence-corrected chi connectivity index (χ4v) is 1.27. The van der Waals surface area contributed by atoms with Crippen molar-refractivity contribution in [2.45, 2.75) is 25.8 Å². The molecular formula is C12H17N3O2. The van der Waals surface area contributed by atoms with Gasteiger partial charge in [-0.05, 0) is 25.5 Å². The van der Waals surface area contributed by atoms with E-state index in [-0.39, 0.29) is 12.3 Å². The van der Waals surface area contributed by atoms with E-state index in [9.17, 15) is 9.59 Å². The first kappa shape index (κ1) is 13.2. The van der Waals surface area contributed by atoms with E-state index in [0.29, 0.717) is 11.3 Å². The Hall–Kier alpha value is -1.88. The van der Waals surface area contributed by atoms with Crippen LogP contribution in [0.3, 0.4) is 0 Å². The molecule has 0 heterocycles. The molecule has 0 saturated carbocycles. The molecule has 1 aromatic rings. The van der Waals surface area contributed by atoms with Crippen LogP contribution in [0.15, 0.2) is 24.3 Å². The van der Waals surface area contributed by atoms with Gasteiger partial charge in [0.1, 0.15) is 0 Å². The van der Waals surface area contributed by atoms with Gasteiger partial charge in [-0.25, -0.2) is 0 Å². The topological polar surface area (TPSA) is 98.2 Å². The number of carbonyl (C=O) groups is 2. The van der Waals surface area contributed by atoms with Crippen LogP contribution >= 0.6 is 0 Å². The molecule has 17 heavy (non-hydrogen) atoms. The zero-order chi connectivity index (χ0) is 13.1. The second-order valence-electron chi connectivity index (χ2n) is 4.48. The van der Waals surface area contributed by atoms with Gasteiger partial charge in [-0.1, -0.05) is 18.2 Å². The number of benzene rings is 1. The Morgan fingerprint density at radius 1 is 1.29 bits per heavy atom. The van der Waals surface area contributed by atoms with Gasteiger partial charge >= 0.3 is 0 Å². The Labute approximate surface area is 100 Å². The number of hydrogen-bond acceptors (Lipinski definition) is 3. The van der Waals surface area contributed by atoms with Crippen molar-refractivity contribution in [3.05, 3.63) is 29.8 Å². The minimum Gasteiger partial charge on any atom is -0.369 e. The van der Waals surface area contributed by atoms with E-state index < -0.39 is 11.4 Å². The average molecular weight is 235 g/mol. The highest BCUT2D eigenvalue weighted by Crippen LogP contribution is 2.16. The van der Waals surface area contributed by atoms with Crippen LogP contribution in [0.5, 0.6) is 0 Å². The Kier molecular flexibility index (Phi) is 3.85. The third-order valence-corrected chi connectivity index (χ3v) is 2.22. The van der Waals surface area contributed by atoms with Crippen LogP contribution in [0.1, 0.15) is 19.4 Å². The number of amides is 2. The largest absolute Gasteiger partial charge is 0.369 e. The minimum absolute atomic E-state index is 0.0848. The van der Waals surface area contributed by atoms with Gasteiger partial charge in [0.2, 0.25) is 11.8 Å². The number of nitrogens with two attached hydrogens (primary N) is 2. The Morgan fingerprint density at radius 3 is 2.41 bits per heavy atom. The molecule has 5 heteroatoms. The van der Waals surface area contributed by atoms with Crippen LogP contribution in [0, 0.1) is 0 Å². The molecule has 0 radical (unpaired) electrons. The molecule has 1 aromatic carbocycles. The van der Waals surface area contributed by atoms with Crippen molar-refractivity contribution in [2.75, 3.05) is 5.32 Å². The van der Waals surface area contributed by atoms with Gasteiger partial charge in [0.05, 0.1) is 12.0 Å². The van der Waals surface area contributed by atoms with Crippen LogP contribution in [-0.4, -0.2) is 17.4 Å². The van der Waals surface area contributed by atoms with E-state index in [1.54, 1.807) is 38.1 Å². The summed E-state index contributed by atoms with van der Waals surface area (Å²) < 4.78 is 0. The highest BCUT2D eigenvalue weighted by Gasteiger charge is 2.22. The van der Waals surface area contributed by atoms with Gasteiger partial charge in [-0.3, -0.25) is 9.59 Å². The van der Waals surface area contributed by atoms with Crippen molar-refractivity contribution in [3.63, 3.8) is 0 Å². The Balaban J connectivity index is 2.91. The molecule has 0 saturated heterocycles. The monoisotopic (exact) mass is 235 g/mol. The lowest BCUT2D eigenvalue weighted by molar-refractivity contribution is -0.120. The predicted molar refractivity (Wildman–Crippen MR) is 66.2 cm³/mol. The molecule has 0 aliphatic heterocycles. The fraction of sp³-hybridized carbons (Fsp3) is 0.333. The predicted octanol–water partition coefficient (Wildman–Crippen LogP) is 0.390.